The number of aromatic nitrogens is 1. The lowest BCUT2D eigenvalue weighted by Gasteiger charge is -2.25. The molecule has 1 fully saturated rings. The summed E-state index contributed by atoms with van der Waals surface area (Å²) in [4.78, 5) is 28.8. The Labute approximate surface area is 115 Å². The SMILES string of the molecule is O=C1CCN(C(=O)CSc2ccc(Cl)cn2)CC1. The average molecular weight is 285 g/mol. The third-order valence-corrected chi connectivity index (χ3v) is 3.87. The number of thioether (sulfide) groups is 1. The van der Waals surface area contributed by atoms with Gasteiger partial charge in [-0.15, -0.1) is 0 Å². The highest BCUT2D eigenvalue weighted by Crippen LogP contribution is 2.18. The number of Topliss-reactive ketones (excluding diaryl/α,β-unsaturated/α-hetero) is 1. The van der Waals surface area contributed by atoms with Crippen molar-refractivity contribution in [2.24, 2.45) is 0 Å². The van der Waals surface area contributed by atoms with E-state index in [1.54, 1.807) is 23.2 Å². The van der Waals surface area contributed by atoms with Gasteiger partial charge in [0, 0.05) is 32.1 Å². The van der Waals surface area contributed by atoms with Gasteiger partial charge in [0.15, 0.2) is 0 Å². The highest BCUT2D eigenvalue weighted by molar-refractivity contribution is 7.99. The summed E-state index contributed by atoms with van der Waals surface area (Å²) >= 11 is 7.12. The molecule has 0 aliphatic carbocycles. The Morgan fingerprint density at radius 3 is 2.72 bits per heavy atom. The molecule has 1 aromatic rings. The summed E-state index contributed by atoms with van der Waals surface area (Å²) in [5.41, 5.74) is 0. The monoisotopic (exact) mass is 284 g/mol. The van der Waals surface area contributed by atoms with E-state index in [2.05, 4.69) is 4.98 Å². The smallest absolute Gasteiger partial charge is 0.233 e. The average Bonchev–Trinajstić information content (AvgIpc) is 2.38. The van der Waals surface area contributed by atoms with Gasteiger partial charge in [0.1, 0.15) is 5.78 Å². The molecular formula is C12H13ClN2O2S. The summed E-state index contributed by atoms with van der Waals surface area (Å²) in [6.45, 7) is 1.10. The van der Waals surface area contributed by atoms with Gasteiger partial charge in [-0.05, 0) is 12.1 Å². The molecule has 2 rings (SSSR count). The van der Waals surface area contributed by atoms with Gasteiger partial charge in [0.05, 0.1) is 15.8 Å². The number of rotatable bonds is 3. The normalized spacial score (nSPS) is 15.8. The van der Waals surface area contributed by atoms with Crippen LogP contribution in [0, 0.1) is 0 Å². The van der Waals surface area contributed by atoms with E-state index in [-0.39, 0.29) is 11.7 Å². The summed E-state index contributed by atoms with van der Waals surface area (Å²) in [6, 6.07) is 3.54. The fraction of sp³-hybridized carbons (Fsp3) is 0.417. The van der Waals surface area contributed by atoms with Gasteiger partial charge < -0.3 is 4.90 Å². The first-order valence-electron chi connectivity index (χ1n) is 5.69. The van der Waals surface area contributed by atoms with E-state index in [9.17, 15) is 9.59 Å². The zero-order chi connectivity index (χ0) is 13.0. The quantitative estimate of drug-likeness (QED) is 0.797. The Bertz CT molecular complexity index is 440. The standard InChI is InChI=1S/C12H13ClN2O2S/c13-9-1-2-11(14-7-9)18-8-12(17)15-5-3-10(16)4-6-15/h1-2,7H,3-6,8H2. The maximum absolute atomic E-state index is 11.9. The third-order valence-electron chi connectivity index (χ3n) is 2.72. The van der Waals surface area contributed by atoms with Crippen molar-refractivity contribution in [1.82, 2.24) is 9.88 Å². The minimum Gasteiger partial charge on any atom is -0.341 e. The van der Waals surface area contributed by atoms with Crippen molar-refractivity contribution in [2.75, 3.05) is 18.8 Å². The van der Waals surface area contributed by atoms with Gasteiger partial charge in [-0.1, -0.05) is 23.4 Å². The molecule has 1 aromatic heterocycles. The number of nitrogens with zero attached hydrogens (tertiary/aromatic N) is 2. The van der Waals surface area contributed by atoms with E-state index in [4.69, 9.17) is 11.6 Å². The summed E-state index contributed by atoms with van der Waals surface area (Å²) in [5.74, 6) is 0.651. The van der Waals surface area contributed by atoms with E-state index < -0.39 is 0 Å². The molecule has 4 nitrogen and oxygen atoms in total. The minimum atomic E-state index is 0.0595. The lowest BCUT2D eigenvalue weighted by molar-refractivity contribution is -0.132. The number of pyridine rings is 1. The molecule has 1 amide bonds. The molecule has 0 radical (unpaired) electrons. The first-order chi connectivity index (χ1) is 8.65. The van der Waals surface area contributed by atoms with Crippen LogP contribution in [0.25, 0.3) is 0 Å². The number of carbonyl (C=O) groups is 2. The number of hydrogen-bond donors (Lipinski definition) is 0. The van der Waals surface area contributed by atoms with Crippen LogP contribution in [0.15, 0.2) is 23.4 Å². The highest BCUT2D eigenvalue weighted by atomic mass is 35.5. The first kappa shape index (κ1) is 13.4. The number of halogens is 1. The van der Waals surface area contributed by atoms with Crippen molar-refractivity contribution in [3.63, 3.8) is 0 Å². The predicted molar refractivity (Wildman–Crippen MR) is 70.8 cm³/mol. The molecule has 0 N–H and O–H groups in total. The predicted octanol–water partition coefficient (Wildman–Crippen LogP) is 2.02. The zero-order valence-electron chi connectivity index (χ0n) is 9.76. The molecule has 6 heteroatoms. The largest absolute Gasteiger partial charge is 0.341 e. The number of amides is 1. The van der Waals surface area contributed by atoms with Gasteiger partial charge in [-0.2, -0.15) is 0 Å². The molecule has 18 heavy (non-hydrogen) atoms. The fourth-order valence-electron chi connectivity index (χ4n) is 1.68. The summed E-state index contributed by atoms with van der Waals surface area (Å²) < 4.78 is 0. The van der Waals surface area contributed by atoms with Crippen LogP contribution in [0.1, 0.15) is 12.8 Å². The molecule has 0 spiro atoms. The van der Waals surface area contributed by atoms with Crippen molar-refractivity contribution in [2.45, 2.75) is 17.9 Å². The topological polar surface area (TPSA) is 50.3 Å². The molecule has 1 aliphatic heterocycles. The zero-order valence-corrected chi connectivity index (χ0v) is 11.3. The molecule has 1 aliphatic rings. The van der Waals surface area contributed by atoms with E-state index in [0.29, 0.717) is 36.7 Å². The minimum absolute atomic E-state index is 0.0595. The number of ketones is 1. The van der Waals surface area contributed by atoms with Crippen molar-refractivity contribution >= 4 is 35.1 Å². The Morgan fingerprint density at radius 2 is 2.11 bits per heavy atom. The van der Waals surface area contributed by atoms with Crippen molar-refractivity contribution < 1.29 is 9.59 Å². The fourth-order valence-corrected chi connectivity index (χ4v) is 2.54. The van der Waals surface area contributed by atoms with Gasteiger partial charge in [0.25, 0.3) is 0 Å². The Hall–Kier alpha value is -1.07. The second-order valence-corrected chi connectivity index (χ2v) is 5.45. The van der Waals surface area contributed by atoms with Crippen molar-refractivity contribution in [3.05, 3.63) is 23.4 Å². The van der Waals surface area contributed by atoms with Crippen molar-refractivity contribution in [3.8, 4) is 0 Å². The van der Waals surface area contributed by atoms with Gasteiger partial charge in [-0.3, -0.25) is 9.59 Å². The van der Waals surface area contributed by atoms with E-state index in [1.165, 1.54) is 11.8 Å². The summed E-state index contributed by atoms with van der Waals surface area (Å²) in [5, 5.41) is 1.36. The van der Waals surface area contributed by atoms with Crippen LogP contribution in [0.3, 0.4) is 0 Å². The third kappa shape index (κ3) is 3.71. The Balaban J connectivity index is 1.81. The Morgan fingerprint density at radius 1 is 1.39 bits per heavy atom. The van der Waals surface area contributed by atoms with Crippen LogP contribution < -0.4 is 0 Å². The molecular weight excluding hydrogens is 272 g/mol. The lowest BCUT2D eigenvalue weighted by atomic mass is 10.1. The molecule has 2 heterocycles. The molecule has 0 aromatic carbocycles. The molecule has 0 saturated carbocycles. The number of likely N-dealkylation sites (tertiary alicyclic amines) is 1. The van der Waals surface area contributed by atoms with Crippen LogP contribution in [0.2, 0.25) is 5.02 Å². The maximum atomic E-state index is 11.9. The lowest BCUT2D eigenvalue weighted by Crippen LogP contribution is -2.39. The van der Waals surface area contributed by atoms with Gasteiger partial charge >= 0.3 is 0 Å². The molecule has 0 unspecified atom stereocenters. The summed E-state index contributed by atoms with van der Waals surface area (Å²) in [7, 11) is 0. The van der Waals surface area contributed by atoms with E-state index in [1.807, 2.05) is 0 Å². The number of carbonyl (C=O) groups excluding carboxylic acids is 2. The van der Waals surface area contributed by atoms with Crippen LogP contribution in [0.5, 0.6) is 0 Å². The molecule has 0 bridgehead atoms. The second-order valence-electron chi connectivity index (χ2n) is 4.02. The summed E-state index contributed by atoms with van der Waals surface area (Å²) in [6.07, 6.45) is 2.53. The van der Waals surface area contributed by atoms with Crippen LogP contribution in [-0.4, -0.2) is 40.4 Å². The van der Waals surface area contributed by atoms with Crippen molar-refractivity contribution in [1.29, 1.82) is 0 Å². The van der Waals surface area contributed by atoms with Crippen LogP contribution >= 0.6 is 23.4 Å². The number of piperidine rings is 1. The van der Waals surface area contributed by atoms with E-state index >= 15 is 0 Å². The first-order valence-corrected chi connectivity index (χ1v) is 7.05. The second kappa shape index (κ2) is 6.20. The van der Waals surface area contributed by atoms with Crippen LogP contribution in [-0.2, 0) is 9.59 Å². The molecule has 0 atom stereocenters. The van der Waals surface area contributed by atoms with E-state index in [0.717, 1.165) is 5.03 Å². The molecule has 96 valence electrons. The maximum Gasteiger partial charge on any atom is 0.233 e. The Kier molecular flexibility index (Phi) is 4.60. The number of hydrogen-bond acceptors (Lipinski definition) is 4. The van der Waals surface area contributed by atoms with Crippen LogP contribution in [0.4, 0.5) is 0 Å². The van der Waals surface area contributed by atoms with Gasteiger partial charge in [-0.25, -0.2) is 4.98 Å². The van der Waals surface area contributed by atoms with Gasteiger partial charge in [0.2, 0.25) is 5.91 Å². The highest BCUT2D eigenvalue weighted by Gasteiger charge is 2.20. The molecule has 1 saturated heterocycles.